The predicted octanol–water partition coefficient (Wildman–Crippen LogP) is 2.74. The van der Waals surface area contributed by atoms with Gasteiger partial charge in [0.2, 0.25) is 0 Å². The third-order valence-corrected chi connectivity index (χ3v) is 2.08. The summed E-state index contributed by atoms with van der Waals surface area (Å²) in [5.74, 6) is -1.74. The van der Waals surface area contributed by atoms with Crippen molar-refractivity contribution >= 4 is 17.6 Å². The minimum absolute atomic E-state index is 0.125. The van der Waals surface area contributed by atoms with Gasteiger partial charge in [0, 0.05) is 10.6 Å². The van der Waals surface area contributed by atoms with E-state index in [1.54, 1.807) is 6.92 Å². The zero-order valence-corrected chi connectivity index (χ0v) is 7.73. The summed E-state index contributed by atoms with van der Waals surface area (Å²) in [6.07, 6.45) is 0.449. The third-order valence-electron chi connectivity index (χ3n) is 1.74. The van der Waals surface area contributed by atoms with Gasteiger partial charge < -0.3 is 5.11 Å². The maximum Gasteiger partial charge on any atom is 0.335 e. The van der Waals surface area contributed by atoms with Gasteiger partial charge in [-0.1, -0.05) is 18.5 Å². The number of rotatable bonds is 2. The molecule has 1 N–H and O–H groups in total. The number of halogens is 2. The molecule has 2 nitrogen and oxygen atoms in total. The molecule has 4 heteroatoms. The van der Waals surface area contributed by atoms with Gasteiger partial charge in [0.15, 0.2) is 0 Å². The first kappa shape index (κ1) is 9.99. The van der Waals surface area contributed by atoms with Gasteiger partial charge >= 0.3 is 5.97 Å². The highest BCUT2D eigenvalue weighted by Gasteiger charge is 2.11. The van der Waals surface area contributed by atoms with Crippen LogP contribution in [0.3, 0.4) is 0 Å². The van der Waals surface area contributed by atoms with Gasteiger partial charge in [-0.15, -0.1) is 0 Å². The smallest absolute Gasteiger partial charge is 0.335 e. The van der Waals surface area contributed by atoms with Crippen LogP contribution < -0.4 is 0 Å². The zero-order valence-electron chi connectivity index (χ0n) is 6.97. The van der Waals surface area contributed by atoms with Crippen molar-refractivity contribution in [2.75, 3.05) is 0 Å². The summed E-state index contributed by atoms with van der Waals surface area (Å²) in [7, 11) is 0. The summed E-state index contributed by atoms with van der Waals surface area (Å²) in [6.45, 7) is 1.75. The Morgan fingerprint density at radius 2 is 2.23 bits per heavy atom. The standard InChI is InChI=1S/C9H8ClFO2/c1-2-6-7(10)3-5(9(12)13)4-8(6)11/h3-4H,2H2,1H3,(H,12,13). The first-order valence-corrected chi connectivity index (χ1v) is 4.15. The molecule has 0 saturated heterocycles. The van der Waals surface area contributed by atoms with E-state index in [2.05, 4.69) is 0 Å². The van der Waals surface area contributed by atoms with E-state index < -0.39 is 11.8 Å². The maximum absolute atomic E-state index is 13.1. The number of carboxylic acid groups (broad SMARTS) is 1. The van der Waals surface area contributed by atoms with Crippen LogP contribution in [-0.4, -0.2) is 11.1 Å². The molecule has 13 heavy (non-hydrogen) atoms. The molecule has 70 valence electrons. The zero-order chi connectivity index (χ0) is 10.0. The second-order valence-corrected chi connectivity index (χ2v) is 2.98. The summed E-state index contributed by atoms with van der Waals surface area (Å²) >= 11 is 5.68. The maximum atomic E-state index is 13.1. The van der Waals surface area contributed by atoms with Gasteiger partial charge in [-0.05, 0) is 18.6 Å². The molecule has 1 rings (SSSR count). The number of carbonyl (C=O) groups is 1. The lowest BCUT2D eigenvalue weighted by atomic mass is 10.1. The molecule has 0 amide bonds. The Balaban J connectivity index is 3.28. The molecule has 0 fully saturated rings. The highest BCUT2D eigenvalue weighted by Crippen LogP contribution is 2.21. The minimum Gasteiger partial charge on any atom is -0.478 e. The van der Waals surface area contributed by atoms with Crippen molar-refractivity contribution < 1.29 is 14.3 Å². The fourth-order valence-corrected chi connectivity index (χ4v) is 1.41. The lowest BCUT2D eigenvalue weighted by molar-refractivity contribution is 0.0696. The SMILES string of the molecule is CCc1c(F)cc(C(=O)O)cc1Cl. The second kappa shape index (κ2) is 3.75. The Labute approximate surface area is 80.0 Å². The number of hydrogen-bond acceptors (Lipinski definition) is 1. The Kier molecular flexibility index (Phi) is 2.88. The van der Waals surface area contributed by atoms with Gasteiger partial charge in [-0.3, -0.25) is 0 Å². The van der Waals surface area contributed by atoms with Crippen LogP contribution in [0.15, 0.2) is 12.1 Å². The molecule has 0 heterocycles. The van der Waals surface area contributed by atoms with Crippen molar-refractivity contribution in [2.24, 2.45) is 0 Å². The monoisotopic (exact) mass is 202 g/mol. The van der Waals surface area contributed by atoms with Crippen molar-refractivity contribution in [1.82, 2.24) is 0 Å². The average molecular weight is 203 g/mol. The van der Waals surface area contributed by atoms with Gasteiger partial charge in [0.25, 0.3) is 0 Å². The number of benzene rings is 1. The van der Waals surface area contributed by atoms with E-state index in [4.69, 9.17) is 16.7 Å². The highest BCUT2D eigenvalue weighted by atomic mass is 35.5. The summed E-state index contributed by atoms with van der Waals surface area (Å²) < 4.78 is 13.1. The molecule has 0 radical (unpaired) electrons. The molecular formula is C9H8ClFO2. The first-order valence-electron chi connectivity index (χ1n) is 3.77. The van der Waals surface area contributed by atoms with E-state index in [1.165, 1.54) is 6.07 Å². The molecule has 0 spiro atoms. The quantitative estimate of drug-likeness (QED) is 0.801. The van der Waals surface area contributed by atoms with Crippen LogP contribution in [0, 0.1) is 5.82 Å². The molecular weight excluding hydrogens is 195 g/mol. The molecule has 1 aromatic carbocycles. The summed E-state index contributed by atoms with van der Waals surface area (Å²) in [5, 5.41) is 8.74. The Bertz CT molecular complexity index is 326. The van der Waals surface area contributed by atoms with E-state index in [-0.39, 0.29) is 10.6 Å². The van der Waals surface area contributed by atoms with E-state index in [1.807, 2.05) is 0 Å². The lowest BCUT2D eigenvalue weighted by Crippen LogP contribution is -1.99. The van der Waals surface area contributed by atoms with Crippen LogP contribution >= 0.6 is 11.6 Å². The average Bonchev–Trinajstić information content (AvgIpc) is 2.03. The van der Waals surface area contributed by atoms with Crippen LogP contribution in [0.5, 0.6) is 0 Å². The topological polar surface area (TPSA) is 37.3 Å². The molecule has 0 bridgehead atoms. The second-order valence-electron chi connectivity index (χ2n) is 2.58. The lowest BCUT2D eigenvalue weighted by Gasteiger charge is -2.03. The molecule has 1 aromatic rings. The van der Waals surface area contributed by atoms with Gasteiger partial charge in [0.05, 0.1) is 5.56 Å². The molecule has 0 unspecified atom stereocenters. The number of hydrogen-bond donors (Lipinski definition) is 1. The fourth-order valence-electron chi connectivity index (χ4n) is 1.06. The molecule has 0 aromatic heterocycles. The van der Waals surface area contributed by atoms with Crippen molar-refractivity contribution in [3.63, 3.8) is 0 Å². The Morgan fingerprint density at radius 3 is 2.62 bits per heavy atom. The summed E-state index contributed by atoms with van der Waals surface area (Å²) in [4.78, 5) is 10.5. The van der Waals surface area contributed by atoms with Crippen LogP contribution in [0.25, 0.3) is 0 Å². The van der Waals surface area contributed by atoms with Crippen LogP contribution in [0.4, 0.5) is 4.39 Å². The van der Waals surface area contributed by atoms with Crippen molar-refractivity contribution in [3.8, 4) is 0 Å². The van der Waals surface area contributed by atoms with Gasteiger partial charge in [-0.25, -0.2) is 9.18 Å². The molecule has 0 saturated carbocycles. The van der Waals surface area contributed by atoms with Crippen molar-refractivity contribution in [3.05, 3.63) is 34.1 Å². The van der Waals surface area contributed by atoms with E-state index in [9.17, 15) is 9.18 Å². The Hall–Kier alpha value is -1.09. The Morgan fingerprint density at radius 1 is 1.62 bits per heavy atom. The summed E-state index contributed by atoms with van der Waals surface area (Å²) in [6, 6.07) is 2.23. The van der Waals surface area contributed by atoms with E-state index in [0.29, 0.717) is 12.0 Å². The minimum atomic E-state index is -1.18. The molecule has 0 aliphatic heterocycles. The third kappa shape index (κ3) is 1.98. The summed E-state index contributed by atoms with van der Waals surface area (Å²) in [5.41, 5.74) is 0.228. The number of aromatic carboxylic acids is 1. The van der Waals surface area contributed by atoms with Crippen molar-refractivity contribution in [1.29, 1.82) is 0 Å². The van der Waals surface area contributed by atoms with Crippen LogP contribution in [0.1, 0.15) is 22.8 Å². The highest BCUT2D eigenvalue weighted by molar-refractivity contribution is 6.31. The van der Waals surface area contributed by atoms with Gasteiger partial charge in [-0.2, -0.15) is 0 Å². The van der Waals surface area contributed by atoms with Crippen LogP contribution in [-0.2, 0) is 6.42 Å². The van der Waals surface area contributed by atoms with Crippen molar-refractivity contribution in [2.45, 2.75) is 13.3 Å². The fraction of sp³-hybridized carbons (Fsp3) is 0.222. The van der Waals surface area contributed by atoms with Crippen LogP contribution in [0.2, 0.25) is 5.02 Å². The largest absolute Gasteiger partial charge is 0.478 e. The van der Waals surface area contributed by atoms with E-state index >= 15 is 0 Å². The van der Waals surface area contributed by atoms with E-state index in [0.717, 1.165) is 6.07 Å². The normalized spacial score (nSPS) is 10.1. The molecule has 0 atom stereocenters. The number of carboxylic acids is 1. The molecule has 0 aliphatic rings. The molecule has 0 aliphatic carbocycles. The predicted molar refractivity (Wildman–Crippen MR) is 47.7 cm³/mol. The first-order chi connectivity index (χ1) is 6.06. The van der Waals surface area contributed by atoms with Gasteiger partial charge in [0.1, 0.15) is 5.82 Å².